The number of fused-ring (bicyclic) bond motifs is 8. The maximum Gasteiger partial charge on any atom is 0.260 e. The molecule has 5 rings (SSSR count). The molecule has 4 aromatic rings. The Hall–Kier alpha value is -1.93. The van der Waals surface area contributed by atoms with Gasteiger partial charge in [-0.05, 0) is 45.1 Å². The van der Waals surface area contributed by atoms with Crippen molar-refractivity contribution < 1.29 is 0 Å². The van der Waals surface area contributed by atoms with E-state index in [1.165, 1.54) is 33.5 Å². The van der Waals surface area contributed by atoms with Crippen molar-refractivity contribution in [3.8, 4) is 0 Å². The Morgan fingerprint density at radius 2 is 2.12 bits per heavy atom. The fourth-order valence-corrected chi connectivity index (χ4v) is 5.73. The van der Waals surface area contributed by atoms with E-state index in [0.717, 1.165) is 46.6 Å². The van der Waals surface area contributed by atoms with Gasteiger partial charge in [-0.1, -0.05) is 23.9 Å². The van der Waals surface area contributed by atoms with Gasteiger partial charge in [0, 0.05) is 10.6 Å². The average molecular weight is 371 g/mol. The summed E-state index contributed by atoms with van der Waals surface area (Å²) in [4.78, 5) is 7.40. The molecule has 0 fully saturated rings. The number of rotatable bonds is 3. The van der Waals surface area contributed by atoms with Crippen molar-refractivity contribution in [3.05, 3.63) is 28.4 Å². The minimum atomic E-state index is 0.742. The number of thioether (sulfide) groups is 1. The van der Waals surface area contributed by atoms with E-state index in [9.17, 15) is 0 Å². The number of nitrogens with zero attached hydrogens (tertiary/aromatic N) is 6. The molecule has 0 amide bonds. The Morgan fingerprint density at radius 1 is 1.28 bits per heavy atom. The average Bonchev–Trinajstić information content (AvgIpc) is 3.25. The molecule has 128 valence electrons. The van der Waals surface area contributed by atoms with Crippen LogP contribution in [0.2, 0.25) is 0 Å². The fourth-order valence-electron chi connectivity index (χ4n) is 3.51. The summed E-state index contributed by atoms with van der Waals surface area (Å²) in [6.07, 6.45) is 4.80. The first kappa shape index (κ1) is 15.3. The van der Waals surface area contributed by atoms with Crippen molar-refractivity contribution in [3.63, 3.8) is 0 Å². The molecule has 1 aliphatic rings. The Kier molecular flexibility index (Phi) is 3.40. The van der Waals surface area contributed by atoms with Gasteiger partial charge in [-0.25, -0.2) is 9.38 Å². The van der Waals surface area contributed by atoms with Crippen LogP contribution >= 0.6 is 23.1 Å². The second-order valence-corrected chi connectivity index (χ2v) is 8.68. The van der Waals surface area contributed by atoms with Gasteiger partial charge in [-0.3, -0.25) is 0 Å². The topological polar surface area (TPSA) is 60.4 Å². The SMILES string of the molecule is C=C(C)CSc1nnc2n3nc(C)nc3c3c4c(sc3n12)CCCC4. The van der Waals surface area contributed by atoms with Crippen molar-refractivity contribution in [2.24, 2.45) is 0 Å². The van der Waals surface area contributed by atoms with Crippen LogP contribution in [0.15, 0.2) is 17.3 Å². The minimum Gasteiger partial charge on any atom is -0.244 e. The predicted molar refractivity (Wildman–Crippen MR) is 102 cm³/mol. The van der Waals surface area contributed by atoms with E-state index in [1.54, 1.807) is 11.8 Å². The molecule has 0 atom stereocenters. The third-order valence-electron chi connectivity index (χ3n) is 4.55. The van der Waals surface area contributed by atoms with Crippen LogP contribution in [-0.4, -0.2) is 34.9 Å². The summed E-state index contributed by atoms with van der Waals surface area (Å²) in [5.74, 6) is 2.34. The molecular formula is C17H18N6S2. The number of aryl methyl sites for hydroxylation is 3. The molecule has 4 aromatic heterocycles. The van der Waals surface area contributed by atoms with E-state index in [-0.39, 0.29) is 0 Å². The minimum absolute atomic E-state index is 0.742. The Bertz CT molecular complexity index is 1150. The van der Waals surface area contributed by atoms with Crippen molar-refractivity contribution >= 4 is 44.7 Å². The smallest absolute Gasteiger partial charge is 0.244 e. The Labute approximate surface area is 153 Å². The third-order valence-corrected chi connectivity index (χ3v) is 6.98. The molecule has 0 N–H and O–H groups in total. The third kappa shape index (κ3) is 2.23. The maximum atomic E-state index is 4.71. The molecule has 6 nitrogen and oxygen atoms in total. The second-order valence-electron chi connectivity index (χ2n) is 6.65. The molecule has 0 radical (unpaired) electrons. The van der Waals surface area contributed by atoms with Gasteiger partial charge < -0.3 is 0 Å². The molecule has 4 heterocycles. The second kappa shape index (κ2) is 5.54. The molecule has 0 aliphatic heterocycles. The summed E-state index contributed by atoms with van der Waals surface area (Å²) in [7, 11) is 0. The van der Waals surface area contributed by atoms with Crippen LogP contribution in [0.1, 0.15) is 36.0 Å². The zero-order valence-corrected chi connectivity index (χ0v) is 15.9. The molecule has 0 unspecified atom stereocenters. The molecule has 0 aromatic carbocycles. The molecular weight excluding hydrogens is 352 g/mol. The Morgan fingerprint density at radius 3 is 2.96 bits per heavy atom. The monoisotopic (exact) mass is 370 g/mol. The molecule has 0 bridgehead atoms. The first-order valence-electron chi connectivity index (χ1n) is 8.45. The van der Waals surface area contributed by atoms with Crippen molar-refractivity contribution in [2.45, 2.75) is 44.7 Å². The normalized spacial score (nSPS) is 14.6. The molecule has 1 aliphatic carbocycles. The van der Waals surface area contributed by atoms with E-state index in [4.69, 9.17) is 4.98 Å². The van der Waals surface area contributed by atoms with E-state index < -0.39 is 0 Å². The van der Waals surface area contributed by atoms with Gasteiger partial charge in [-0.15, -0.1) is 26.6 Å². The highest BCUT2D eigenvalue weighted by atomic mass is 32.2. The molecule has 8 heteroatoms. The summed E-state index contributed by atoms with van der Waals surface area (Å²) in [5.41, 5.74) is 3.50. The van der Waals surface area contributed by atoms with Crippen LogP contribution < -0.4 is 0 Å². The largest absolute Gasteiger partial charge is 0.260 e. The summed E-state index contributed by atoms with van der Waals surface area (Å²) in [6, 6.07) is 0. The van der Waals surface area contributed by atoms with Crippen LogP contribution in [-0.2, 0) is 12.8 Å². The number of aromatic nitrogens is 6. The molecule has 0 saturated carbocycles. The van der Waals surface area contributed by atoms with Crippen molar-refractivity contribution in [1.29, 1.82) is 0 Å². The maximum absolute atomic E-state index is 4.71. The van der Waals surface area contributed by atoms with Crippen LogP contribution in [0, 0.1) is 6.92 Å². The highest BCUT2D eigenvalue weighted by molar-refractivity contribution is 7.99. The first-order valence-corrected chi connectivity index (χ1v) is 10.3. The van der Waals surface area contributed by atoms with Crippen LogP contribution in [0.3, 0.4) is 0 Å². The standard InChI is InChI=1S/C17H18N6S2/c1-9(2)8-24-17-20-19-16-22(17)15-13(14-18-10(3)21-23(14)16)11-6-4-5-7-12(11)25-15/h1,4-8H2,2-3H3. The summed E-state index contributed by atoms with van der Waals surface area (Å²) in [6.45, 7) is 7.97. The Balaban J connectivity index is 1.91. The number of hydrogen-bond acceptors (Lipinski definition) is 6. The van der Waals surface area contributed by atoms with E-state index in [0.29, 0.717) is 0 Å². The van der Waals surface area contributed by atoms with Gasteiger partial charge in [0.05, 0.1) is 5.39 Å². The summed E-state index contributed by atoms with van der Waals surface area (Å²) >= 11 is 3.55. The van der Waals surface area contributed by atoms with Gasteiger partial charge >= 0.3 is 0 Å². The molecule has 25 heavy (non-hydrogen) atoms. The van der Waals surface area contributed by atoms with Crippen LogP contribution in [0.5, 0.6) is 0 Å². The number of hydrogen-bond donors (Lipinski definition) is 0. The van der Waals surface area contributed by atoms with Crippen LogP contribution in [0.4, 0.5) is 0 Å². The zero-order chi connectivity index (χ0) is 17.1. The molecule has 0 spiro atoms. The lowest BCUT2D eigenvalue weighted by atomic mass is 9.97. The van der Waals surface area contributed by atoms with Crippen LogP contribution in [0.25, 0.3) is 21.6 Å². The lowest BCUT2D eigenvalue weighted by Crippen LogP contribution is -2.01. The quantitative estimate of drug-likeness (QED) is 0.405. The summed E-state index contributed by atoms with van der Waals surface area (Å²) < 4.78 is 4.02. The van der Waals surface area contributed by atoms with Crippen molar-refractivity contribution in [2.75, 3.05) is 5.75 Å². The fraction of sp³-hybridized carbons (Fsp3) is 0.412. The van der Waals surface area contributed by atoms with Gasteiger partial charge in [0.1, 0.15) is 10.7 Å². The lowest BCUT2D eigenvalue weighted by molar-refractivity contribution is 0.700. The predicted octanol–water partition coefficient (Wildman–Crippen LogP) is 3.84. The van der Waals surface area contributed by atoms with E-state index >= 15 is 0 Å². The lowest BCUT2D eigenvalue weighted by Gasteiger charge is -2.10. The summed E-state index contributed by atoms with van der Waals surface area (Å²) in [5, 5.41) is 15.6. The van der Waals surface area contributed by atoms with Gasteiger partial charge in [0.15, 0.2) is 10.8 Å². The van der Waals surface area contributed by atoms with Gasteiger partial charge in [-0.2, -0.15) is 4.52 Å². The van der Waals surface area contributed by atoms with E-state index in [2.05, 4.69) is 26.3 Å². The first-order chi connectivity index (χ1) is 12.1. The highest BCUT2D eigenvalue weighted by Crippen LogP contribution is 2.39. The highest BCUT2D eigenvalue weighted by Gasteiger charge is 2.25. The number of thiophene rings is 1. The van der Waals surface area contributed by atoms with Gasteiger partial charge in [0.25, 0.3) is 5.78 Å². The molecule has 0 saturated heterocycles. The van der Waals surface area contributed by atoms with Gasteiger partial charge in [0.2, 0.25) is 0 Å². The van der Waals surface area contributed by atoms with Crippen molar-refractivity contribution in [1.82, 2.24) is 29.2 Å². The zero-order valence-electron chi connectivity index (χ0n) is 14.2. The van der Waals surface area contributed by atoms with E-state index in [1.807, 2.05) is 29.7 Å².